The fourth-order valence-electron chi connectivity index (χ4n) is 1.70. The van der Waals surface area contributed by atoms with E-state index in [2.05, 4.69) is 15.3 Å². The van der Waals surface area contributed by atoms with Gasteiger partial charge in [-0.3, -0.25) is 4.79 Å². The molecule has 3 aromatic heterocycles. The molecule has 0 radical (unpaired) electrons. The van der Waals surface area contributed by atoms with E-state index in [4.69, 9.17) is 5.73 Å². The summed E-state index contributed by atoms with van der Waals surface area (Å²) in [5.74, 6) is 0.544. The third-order valence-corrected chi connectivity index (χ3v) is 4.50. The third kappa shape index (κ3) is 2.52. The second-order valence-corrected chi connectivity index (χ2v) is 6.41. The Labute approximate surface area is 123 Å². The number of amides is 1. The van der Waals surface area contributed by atoms with Crippen LogP contribution in [0.2, 0.25) is 0 Å². The fraction of sp³-hybridized carbons (Fsp3) is 0.167. The largest absolute Gasteiger partial charge is 0.369 e. The Balaban J connectivity index is 2.01. The van der Waals surface area contributed by atoms with E-state index < -0.39 is 0 Å². The molecule has 0 saturated carbocycles. The molecule has 0 saturated heterocycles. The molecule has 3 aromatic rings. The van der Waals surface area contributed by atoms with Crippen LogP contribution in [0.4, 0.5) is 0 Å². The summed E-state index contributed by atoms with van der Waals surface area (Å²) >= 11 is 2.94. The van der Waals surface area contributed by atoms with Gasteiger partial charge >= 0.3 is 0 Å². The van der Waals surface area contributed by atoms with Gasteiger partial charge < -0.3 is 5.73 Å². The predicted molar refractivity (Wildman–Crippen MR) is 78.8 cm³/mol. The van der Waals surface area contributed by atoms with Gasteiger partial charge in [-0.1, -0.05) is 11.8 Å². The maximum absolute atomic E-state index is 10.8. The molecule has 0 spiro atoms. The number of hydrogen-bond acceptors (Lipinski definition) is 6. The standard InChI is InChI=1S/C12H11N5OS2/c1-7-2-3-8(20-7)12-15-14-10-4-5-11(16-17(10)12)19-6-9(13)18/h2-5H,6H2,1H3,(H2,13,18). The first-order valence-corrected chi connectivity index (χ1v) is 7.64. The SMILES string of the molecule is Cc1ccc(-c2nnc3ccc(SCC(N)=O)nn23)s1. The molecule has 0 atom stereocenters. The van der Waals surface area contributed by atoms with Gasteiger partial charge in [-0.15, -0.1) is 21.5 Å². The lowest BCUT2D eigenvalue weighted by molar-refractivity contribution is -0.115. The molecule has 0 aromatic carbocycles. The van der Waals surface area contributed by atoms with Gasteiger partial charge in [-0.25, -0.2) is 0 Å². The molecular weight excluding hydrogens is 294 g/mol. The van der Waals surface area contributed by atoms with Crippen molar-refractivity contribution in [2.45, 2.75) is 11.9 Å². The van der Waals surface area contributed by atoms with Gasteiger partial charge in [0, 0.05) is 4.88 Å². The van der Waals surface area contributed by atoms with Gasteiger partial charge in [-0.2, -0.15) is 9.61 Å². The number of rotatable bonds is 4. The average Bonchev–Trinajstić information content (AvgIpc) is 3.01. The smallest absolute Gasteiger partial charge is 0.227 e. The molecule has 0 fully saturated rings. The van der Waals surface area contributed by atoms with E-state index in [1.807, 2.05) is 25.1 Å². The molecule has 20 heavy (non-hydrogen) atoms. The van der Waals surface area contributed by atoms with Gasteiger partial charge in [-0.05, 0) is 31.2 Å². The first-order chi connectivity index (χ1) is 9.63. The minimum absolute atomic E-state index is 0.202. The Morgan fingerprint density at radius 3 is 2.90 bits per heavy atom. The van der Waals surface area contributed by atoms with Crippen molar-refractivity contribution in [3.05, 3.63) is 29.1 Å². The summed E-state index contributed by atoms with van der Waals surface area (Å²) < 4.78 is 1.69. The number of thioether (sulfide) groups is 1. The Morgan fingerprint density at radius 1 is 1.35 bits per heavy atom. The van der Waals surface area contributed by atoms with Gasteiger partial charge in [0.1, 0.15) is 5.03 Å². The number of hydrogen-bond donors (Lipinski definition) is 1. The Kier molecular flexibility index (Phi) is 3.41. The zero-order valence-electron chi connectivity index (χ0n) is 10.6. The van der Waals surface area contributed by atoms with Crippen molar-refractivity contribution >= 4 is 34.7 Å². The highest BCUT2D eigenvalue weighted by molar-refractivity contribution is 7.99. The number of fused-ring (bicyclic) bond motifs is 1. The van der Waals surface area contributed by atoms with Crippen molar-refractivity contribution in [1.82, 2.24) is 19.8 Å². The van der Waals surface area contributed by atoms with Gasteiger partial charge in [0.05, 0.1) is 10.6 Å². The molecule has 2 N–H and O–H groups in total. The van der Waals surface area contributed by atoms with Gasteiger partial charge in [0.15, 0.2) is 11.5 Å². The van der Waals surface area contributed by atoms with Gasteiger partial charge in [0.2, 0.25) is 5.91 Å². The Hall–Kier alpha value is -1.93. The first kappa shape index (κ1) is 13.1. The molecule has 0 aliphatic heterocycles. The van der Waals surface area contributed by atoms with Crippen molar-refractivity contribution in [3.63, 3.8) is 0 Å². The van der Waals surface area contributed by atoms with Crippen LogP contribution >= 0.6 is 23.1 Å². The maximum atomic E-state index is 10.8. The van der Waals surface area contributed by atoms with Crippen molar-refractivity contribution in [2.75, 3.05) is 5.75 Å². The molecule has 3 heterocycles. The topological polar surface area (TPSA) is 86.2 Å². The summed E-state index contributed by atoms with van der Waals surface area (Å²) in [5, 5.41) is 13.4. The van der Waals surface area contributed by atoms with Crippen LogP contribution in [0.25, 0.3) is 16.3 Å². The van der Waals surface area contributed by atoms with E-state index in [9.17, 15) is 4.79 Å². The molecule has 102 valence electrons. The summed E-state index contributed by atoms with van der Waals surface area (Å²) in [7, 11) is 0. The van der Waals surface area contributed by atoms with E-state index in [1.165, 1.54) is 16.6 Å². The minimum Gasteiger partial charge on any atom is -0.369 e. The summed E-state index contributed by atoms with van der Waals surface area (Å²) in [6, 6.07) is 7.67. The van der Waals surface area contributed by atoms with Crippen LogP contribution in [0, 0.1) is 6.92 Å². The summed E-state index contributed by atoms with van der Waals surface area (Å²) in [5.41, 5.74) is 5.81. The van der Waals surface area contributed by atoms with Gasteiger partial charge in [0.25, 0.3) is 0 Å². The van der Waals surface area contributed by atoms with Crippen LogP contribution < -0.4 is 5.73 Å². The molecule has 0 aliphatic carbocycles. The number of nitrogens with two attached hydrogens (primary N) is 1. The van der Waals surface area contributed by atoms with Crippen molar-refractivity contribution in [3.8, 4) is 10.7 Å². The molecule has 0 bridgehead atoms. The van der Waals surface area contributed by atoms with E-state index in [0.717, 1.165) is 4.88 Å². The van der Waals surface area contributed by atoms with Crippen LogP contribution in [0.3, 0.4) is 0 Å². The number of thiophene rings is 1. The molecule has 0 aliphatic rings. The van der Waals surface area contributed by atoms with Crippen molar-refractivity contribution in [1.29, 1.82) is 0 Å². The second kappa shape index (κ2) is 5.22. The zero-order chi connectivity index (χ0) is 14.1. The summed E-state index contributed by atoms with van der Waals surface area (Å²) in [6.45, 7) is 2.04. The number of carbonyl (C=O) groups is 1. The number of primary amides is 1. The normalized spacial score (nSPS) is 11.1. The Bertz CT molecular complexity index is 779. The first-order valence-electron chi connectivity index (χ1n) is 5.84. The fourth-order valence-corrected chi connectivity index (χ4v) is 3.13. The lowest BCUT2D eigenvalue weighted by Crippen LogP contribution is -2.13. The zero-order valence-corrected chi connectivity index (χ0v) is 12.2. The molecule has 3 rings (SSSR count). The van der Waals surface area contributed by atoms with Crippen molar-refractivity contribution < 1.29 is 4.79 Å². The number of carbonyl (C=O) groups excluding carboxylic acids is 1. The highest BCUT2D eigenvalue weighted by atomic mass is 32.2. The molecule has 0 unspecified atom stereocenters. The maximum Gasteiger partial charge on any atom is 0.227 e. The predicted octanol–water partition coefficient (Wildman–Crippen LogP) is 1.74. The highest BCUT2D eigenvalue weighted by Gasteiger charge is 2.12. The van der Waals surface area contributed by atoms with Crippen LogP contribution in [0.5, 0.6) is 0 Å². The molecule has 6 nitrogen and oxygen atoms in total. The molecular formula is C12H11N5OS2. The number of nitrogens with zero attached hydrogens (tertiary/aromatic N) is 4. The molecule has 8 heteroatoms. The van der Waals surface area contributed by atoms with E-state index >= 15 is 0 Å². The number of aromatic nitrogens is 4. The summed E-state index contributed by atoms with van der Waals surface area (Å²) in [6.07, 6.45) is 0. The van der Waals surface area contributed by atoms with E-state index in [0.29, 0.717) is 16.5 Å². The quantitative estimate of drug-likeness (QED) is 0.742. The Morgan fingerprint density at radius 2 is 2.20 bits per heavy atom. The third-order valence-electron chi connectivity index (χ3n) is 2.56. The average molecular weight is 305 g/mol. The monoisotopic (exact) mass is 305 g/mol. The minimum atomic E-state index is -0.366. The van der Waals surface area contributed by atoms with E-state index in [1.54, 1.807) is 21.9 Å². The van der Waals surface area contributed by atoms with Crippen LogP contribution in [0.1, 0.15) is 4.88 Å². The summed E-state index contributed by atoms with van der Waals surface area (Å²) in [4.78, 5) is 13.0. The van der Waals surface area contributed by atoms with Crippen LogP contribution in [0.15, 0.2) is 29.3 Å². The second-order valence-electron chi connectivity index (χ2n) is 4.13. The number of aryl methyl sites for hydroxylation is 1. The highest BCUT2D eigenvalue weighted by Crippen LogP contribution is 2.26. The lowest BCUT2D eigenvalue weighted by Gasteiger charge is -2.00. The van der Waals surface area contributed by atoms with Crippen LogP contribution in [-0.4, -0.2) is 31.5 Å². The van der Waals surface area contributed by atoms with Crippen LogP contribution in [-0.2, 0) is 4.79 Å². The lowest BCUT2D eigenvalue weighted by atomic mass is 10.4. The molecule has 1 amide bonds. The van der Waals surface area contributed by atoms with Crippen molar-refractivity contribution in [2.24, 2.45) is 5.73 Å². The van der Waals surface area contributed by atoms with E-state index in [-0.39, 0.29) is 11.7 Å².